The highest BCUT2D eigenvalue weighted by atomic mass is 16.6. The second-order valence-electron chi connectivity index (χ2n) is 4.47. The first kappa shape index (κ1) is 11.8. The maximum atomic E-state index is 10.9. The number of nitro groups is 1. The molecule has 1 aliphatic heterocycles. The first-order chi connectivity index (χ1) is 8.06. The molecule has 0 radical (unpaired) electrons. The monoisotopic (exact) mass is 236 g/mol. The number of likely N-dealkylation sites (tertiary alicyclic amines) is 1. The Morgan fingerprint density at radius 1 is 1.59 bits per heavy atom. The lowest BCUT2D eigenvalue weighted by Gasteiger charge is -2.13. The molecule has 6 heteroatoms. The van der Waals surface area contributed by atoms with Gasteiger partial charge in [-0.05, 0) is 33.0 Å². The molecule has 1 unspecified atom stereocenters. The lowest BCUT2D eigenvalue weighted by molar-refractivity contribution is -0.384. The van der Waals surface area contributed by atoms with Gasteiger partial charge in [-0.3, -0.25) is 10.1 Å². The van der Waals surface area contributed by atoms with Crippen molar-refractivity contribution in [3.05, 3.63) is 27.9 Å². The van der Waals surface area contributed by atoms with Crippen LogP contribution in [0.3, 0.4) is 0 Å². The predicted octanol–water partition coefficient (Wildman–Crippen LogP) is 1.41. The van der Waals surface area contributed by atoms with Crippen molar-refractivity contribution in [2.45, 2.75) is 19.4 Å². The van der Waals surface area contributed by atoms with E-state index in [1.165, 1.54) is 6.07 Å². The molecule has 0 amide bonds. The SMILES string of the molecule is Cc1ccc([N+](=O)[O-])c(NC2CCN(C)C2)n1. The third kappa shape index (κ3) is 2.71. The van der Waals surface area contributed by atoms with Gasteiger partial charge < -0.3 is 10.2 Å². The van der Waals surface area contributed by atoms with E-state index in [0.29, 0.717) is 5.82 Å². The van der Waals surface area contributed by atoms with Crippen molar-refractivity contribution >= 4 is 11.5 Å². The van der Waals surface area contributed by atoms with E-state index in [9.17, 15) is 10.1 Å². The lowest BCUT2D eigenvalue weighted by atomic mass is 10.2. The minimum atomic E-state index is -0.395. The number of aromatic nitrogens is 1. The number of anilines is 1. The Balaban J connectivity index is 2.19. The van der Waals surface area contributed by atoms with Crippen LogP contribution in [0.15, 0.2) is 12.1 Å². The van der Waals surface area contributed by atoms with Gasteiger partial charge in [0.15, 0.2) is 0 Å². The second-order valence-corrected chi connectivity index (χ2v) is 4.47. The normalized spacial score (nSPS) is 20.5. The molecule has 1 aromatic rings. The van der Waals surface area contributed by atoms with Crippen LogP contribution >= 0.6 is 0 Å². The summed E-state index contributed by atoms with van der Waals surface area (Å²) in [6.07, 6.45) is 0.989. The van der Waals surface area contributed by atoms with Crippen molar-refractivity contribution in [2.24, 2.45) is 0 Å². The first-order valence-electron chi connectivity index (χ1n) is 5.63. The standard InChI is InChI=1S/C11H16N4O2/c1-8-3-4-10(15(16)17)11(12-8)13-9-5-6-14(2)7-9/h3-4,9H,5-7H2,1-2H3,(H,12,13). The van der Waals surface area contributed by atoms with E-state index in [1.54, 1.807) is 6.07 Å². The lowest BCUT2D eigenvalue weighted by Crippen LogP contribution is -2.24. The molecular formula is C11H16N4O2. The Morgan fingerprint density at radius 3 is 2.94 bits per heavy atom. The molecule has 0 bridgehead atoms. The van der Waals surface area contributed by atoms with Crippen molar-refractivity contribution in [1.29, 1.82) is 0 Å². The highest BCUT2D eigenvalue weighted by Crippen LogP contribution is 2.24. The van der Waals surface area contributed by atoms with Gasteiger partial charge in [-0.15, -0.1) is 0 Å². The Hall–Kier alpha value is -1.69. The van der Waals surface area contributed by atoms with E-state index < -0.39 is 4.92 Å². The molecule has 92 valence electrons. The van der Waals surface area contributed by atoms with Gasteiger partial charge in [-0.2, -0.15) is 0 Å². The van der Waals surface area contributed by atoms with Crippen LogP contribution in [0.1, 0.15) is 12.1 Å². The Kier molecular flexibility index (Phi) is 3.23. The van der Waals surface area contributed by atoms with Crippen LogP contribution < -0.4 is 5.32 Å². The summed E-state index contributed by atoms with van der Waals surface area (Å²) in [5.74, 6) is 0.385. The summed E-state index contributed by atoms with van der Waals surface area (Å²) in [7, 11) is 2.04. The molecule has 1 saturated heterocycles. The van der Waals surface area contributed by atoms with E-state index in [0.717, 1.165) is 25.2 Å². The molecule has 1 aliphatic rings. The molecule has 0 spiro atoms. The van der Waals surface area contributed by atoms with Gasteiger partial charge >= 0.3 is 5.69 Å². The molecule has 2 heterocycles. The van der Waals surface area contributed by atoms with Crippen molar-refractivity contribution in [1.82, 2.24) is 9.88 Å². The fraction of sp³-hybridized carbons (Fsp3) is 0.545. The molecular weight excluding hydrogens is 220 g/mol. The van der Waals surface area contributed by atoms with Gasteiger partial charge in [0, 0.05) is 24.3 Å². The predicted molar refractivity (Wildman–Crippen MR) is 65.2 cm³/mol. The van der Waals surface area contributed by atoms with Crippen LogP contribution in [0.5, 0.6) is 0 Å². The van der Waals surface area contributed by atoms with Gasteiger partial charge in [0.1, 0.15) is 0 Å². The molecule has 6 nitrogen and oxygen atoms in total. The summed E-state index contributed by atoms with van der Waals surface area (Å²) in [4.78, 5) is 16.9. The molecule has 2 rings (SSSR count). The van der Waals surface area contributed by atoms with Crippen LogP contribution in [0, 0.1) is 17.0 Å². The number of pyridine rings is 1. The van der Waals surface area contributed by atoms with Gasteiger partial charge in [0.05, 0.1) is 4.92 Å². The highest BCUT2D eigenvalue weighted by molar-refractivity contribution is 5.56. The first-order valence-corrected chi connectivity index (χ1v) is 5.63. The maximum Gasteiger partial charge on any atom is 0.311 e. The number of nitrogens with one attached hydrogen (secondary N) is 1. The quantitative estimate of drug-likeness (QED) is 0.634. The van der Waals surface area contributed by atoms with Gasteiger partial charge in [-0.1, -0.05) is 0 Å². The number of nitrogens with zero attached hydrogens (tertiary/aromatic N) is 3. The summed E-state index contributed by atoms with van der Waals surface area (Å²) in [5, 5.41) is 14.1. The minimum absolute atomic E-state index is 0.0464. The number of hydrogen-bond donors (Lipinski definition) is 1. The number of rotatable bonds is 3. The topological polar surface area (TPSA) is 71.3 Å². The van der Waals surface area contributed by atoms with Crippen molar-refractivity contribution in [3.8, 4) is 0 Å². The largest absolute Gasteiger partial charge is 0.360 e. The summed E-state index contributed by atoms with van der Waals surface area (Å²) in [6, 6.07) is 3.40. The van der Waals surface area contributed by atoms with Crippen LogP contribution in [0.25, 0.3) is 0 Å². The van der Waals surface area contributed by atoms with Gasteiger partial charge in [-0.25, -0.2) is 4.98 Å². The van der Waals surface area contributed by atoms with E-state index in [4.69, 9.17) is 0 Å². The second kappa shape index (κ2) is 4.67. The Bertz CT molecular complexity index is 435. The molecule has 1 N–H and O–H groups in total. The van der Waals surface area contributed by atoms with Crippen LogP contribution in [0.4, 0.5) is 11.5 Å². The number of hydrogen-bond acceptors (Lipinski definition) is 5. The summed E-state index contributed by atoms with van der Waals surface area (Å²) in [6.45, 7) is 3.74. The van der Waals surface area contributed by atoms with Crippen LogP contribution in [-0.4, -0.2) is 41.0 Å². The summed E-state index contributed by atoms with van der Waals surface area (Å²) in [5.41, 5.74) is 0.828. The van der Waals surface area contributed by atoms with Crippen molar-refractivity contribution < 1.29 is 4.92 Å². The summed E-state index contributed by atoms with van der Waals surface area (Å²) >= 11 is 0. The zero-order valence-corrected chi connectivity index (χ0v) is 10.0. The zero-order valence-electron chi connectivity index (χ0n) is 10.0. The third-order valence-electron chi connectivity index (χ3n) is 2.94. The molecule has 0 saturated carbocycles. The smallest absolute Gasteiger partial charge is 0.311 e. The molecule has 17 heavy (non-hydrogen) atoms. The maximum absolute atomic E-state index is 10.9. The number of likely N-dealkylation sites (N-methyl/N-ethyl adjacent to an activating group) is 1. The highest BCUT2D eigenvalue weighted by Gasteiger charge is 2.23. The van der Waals surface area contributed by atoms with Crippen LogP contribution in [-0.2, 0) is 0 Å². The van der Waals surface area contributed by atoms with E-state index in [2.05, 4.69) is 15.2 Å². The Morgan fingerprint density at radius 2 is 2.35 bits per heavy atom. The minimum Gasteiger partial charge on any atom is -0.360 e. The van der Waals surface area contributed by atoms with Gasteiger partial charge in [0.2, 0.25) is 5.82 Å². The average molecular weight is 236 g/mol. The van der Waals surface area contributed by atoms with E-state index in [1.807, 2.05) is 14.0 Å². The van der Waals surface area contributed by atoms with E-state index in [-0.39, 0.29) is 11.7 Å². The summed E-state index contributed by atoms with van der Waals surface area (Å²) < 4.78 is 0. The van der Waals surface area contributed by atoms with Crippen LogP contribution in [0.2, 0.25) is 0 Å². The molecule has 1 fully saturated rings. The fourth-order valence-electron chi connectivity index (χ4n) is 2.05. The molecule has 0 aliphatic carbocycles. The average Bonchev–Trinajstić information content (AvgIpc) is 2.63. The number of aryl methyl sites for hydroxylation is 1. The zero-order chi connectivity index (χ0) is 12.4. The van der Waals surface area contributed by atoms with Gasteiger partial charge in [0.25, 0.3) is 0 Å². The van der Waals surface area contributed by atoms with Crippen molar-refractivity contribution in [2.75, 3.05) is 25.5 Å². The molecule has 1 atom stereocenters. The fourth-order valence-corrected chi connectivity index (χ4v) is 2.05. The molecule has 1 aromatic heterocycles. The van der Waals surface area contributed by atoms with Crippen molar-refractivity contribution in [3.63, 3.8) is 0 Å². The molecule has 0 aromatic carbocycles. The Labute approximate surface area is 99.8 Å². The third-order valence-corrected chi connectivity index (χ3v) is 2.94. The van der Waals surface area contributed by atoms with E-state index >= 15 is 0 Å².